The molecule has 1 amide bonds. The predicted molar refractivity (Wildman–Crippen MR) is 55.4 cm³/mol. The smallest absolute Gasteiger partial charge is 0.234 e. The normalized spacial score (nSPS) is 20.2. The van der Waals surface area contributed by atoms with E-state index >= 15 is 0 Å². The monoisotopic (exact) mass is 206 g/mol. The first-order chi connectivity index (χ1) is 5.66. The second kappa shape index (κ2) is 5.45. The molecule has 1 aliphatic carbocycles. The van der Waals surface area contributed by atoms with Crippen LogP contribution >= 0.6 is 12.4 Å². The van der Waals surface area contributed by atoms with Crippen LogP contribution in [0, 0.1) is 5.41 Å². The lowest BCUT2D eigenvalue weighted by atomic mass is 9.73. The molecule has 0 spiro atoms. The zero-order valence-corrected chi connectivity index (χ0v) is 8.95. The maximum atomic E-state index is 11.0. The number of hydrogen-bond donors (Lipinski definition) is 2. The molecule has 3 nitrogen and oxygen atoms in total. The first-order valence-corrected chi connectivity index (χ1v) is 4.66. The Kier molecular flexibility index (Phi) is 5.33. The molecule has 1 saturated carbocycles. The largest absolute Gasteiger partial charge is 0.294 e. The standard InChI is InChI=1S/C9H18N2O.ClH/c1-9(7-8(12)11-10)5-3-2-4-6-9;/h2-7,10H2,1H3,(H,11,12);1H. The lowest BCUT2D eigenvalue weighted by molar-refractivity contribution is -0.123. The Morgan fingerprint density at radius 1 is 1.38 bits per heavy atom. The third kappa shape index (κ3) is 3.96. The topological polar surface area (TPSA) is 55.1 Å². The molecular formula is C9H19ClN2O. The molecule has 0 bridgehead atoms. The Bertz CT molecular complexity index is 167. The molecule has 0 radical (unpaired) electrons. The first-order valence-electron chi connectivity index (χ1n) is 4.66. The van der Waals surface area contributed by atoms with Crippen LogP contribution in [0.3, 0.4) is 0 Å². The zero-order chi connectivity index (χ0) is 9.03. The highest BCUT2D eigenvalue weighted by Crippen LogP contribution is 2.38. The summed E-state index contributed by atoms with van der Waals surface area (Å²) in [5, 5.41) is 0. The molecule has 0 aromatic heterocycles. The van der Waals surface area contributed by atoms with Gasteiger partial charge in [0, 0.05) is 6.42 Å². The van der Waals surface area contributed by atoms with Crippen LogP contribution in [0.4, 0.5) is 0 Å². The van der Waals surface area contributed by atoms with Gasteiger partial charge in [-0.05, 0) is 18.3 Å². The summed E-state index contributed by atoms with van der Waals surface area (Å²) in [5.74, 6) is 5.02. The Hall–Kier alpha value is -0.280. The Balaban J connectivity index is 0.00000144. The second-order valence-corrected chi connectivity index (χ2v) is 4.12. The van der Waals surface area contributed by atoms with Crippen LogP contribution in [0.25, 0.3) is 0 Å². The van der Waals surface area contributed by atoms with Gasteiger partial charge in [-0.1, -0.05) is 26.2 Å². The van der Waals surface area contributed by atoms with Crippen molar-refractivity contribution in [2.45, 2.75) is 45.4 Å². The van der Waals surface area contributed by atoms with Crippen molar-refractivity contribution in [1.29, 1.82) is 0 Å². The van der Waals surface area contributed by atoms with Gasteiger partial charge in [0.05, 0.1) is 0 Å². The van der Waals surface area contributed by atoms with Gasteiger partial charge in [-0.3, -0.25) is 10.2 Å². The Morgan fingerprint density at radius 2 is 1.92 bits per heavy atom. The fraction of sp³-hybridized carbons (Fsp3) is 0.889. The van der Waals surface area contributed by atoms with Gasteiger partial charge < -0.3 is 0 Å². The van der Waals surface area contributed by atoms with Crippen LogP contribution in [0.2, 0.25) is 0 Å². The summed E-state index contributed by atoms with van der Waals surface area (Å²) < 4.78 is 0. The number of rotatable bonds is 2. The Labute approximate surface area is 85.8 Å². The summed E-state index contributed by atoms with van der Waals surface area (Å²) in [6, 6.07) is 0. The fourth-order valence-electron chi connectivity index (χ4n) is 2.02. The number of nitrogens with one attached hydrogen (secondary N) is 1. The highest BCUT2D eigenvalue weighted by molar-refractivity contribution is 5.85. The number of carbonyl (C=O) groups is 1. The van der Waals surface area contributed by atoms with Gasteiger partial charge in [0.25, 0.3) is 0 Å². The molecule has 1 rings (SSSR count). The second-order valence-electron chi connectivity index (χ2n) is 4.12. The van der Waals surface area contributed by atoms with E-state index in [1.165, 1.54) is 32.1 Å². The molecular weight excluding hydrogens is 188 g/mol. The number of hydrogen-bond acceptors (Lipinski definition) is 2. The van der Waals surface area contributed by atoms with Gasteiger partial charge in [0.1, 0.15) is 0 Å². The Morgan fingerprint density at radius 3 is 2.38 bits per heavy atom. The van der Waals surface area contributed by atoms with E-state index in [4.69, 9.17) is 5.84 Å². The van der Waals surface area contributed by atoms with Crippen LogP contribution in [0.15, 0.2) is 0 Å². The molecule has 0 aliphatic heterocycles. The number of halogens is 1. The van der Waals surface area contributed by atoms with Crippen LogP contribution in [-0.4, -0.2) is 5.91 Å². The molecule has 0 heterocycles. The molecule has 4 heteroatoms. The minimum atomic E-state index is -0.0283. The van der Waals surface area contributed by atoms with Gasteiger partial charge in [-0.2, -0.15) is 0 Å². The van der Waals surface area contributed by atoms with Crippen LogP contribution in [0.1, 0.15) is 45.4 Å². The molecule has 3 N–H and O–H groups in total. The van der Waals surface area contributed by atoms with E-state index in [0.717, 1.165) is 0 Å². The number of nitrogens with two attached hydrogens (primary N) is 1. The van der Waals surface area contributed by atoms with Gasteiger partial charge >= 0.3 is 0 Å². The van der Waals surface area contributed by atoms with Crippen LogP contribution in [-0.2, 0) is 4.79 Å². The zero-order valence-electron chi connectivity index (χ0n) is 8.14. The van der Waals surface area contributed by atoms with Crippen molar-refractivity contribution in [2.24, 2.45) is 11.3 Å². The first kappa shape index (κ1) is 12.7. The van der Waals surface area contributed by atoms with Gasteiger partial charge in [-0.15, -0.1) is 12.4 Å². The van der Waals surface area contributed by atoms with Crippen molar-refractivity contribution in [3.05, 3.63) is 0 Å². The maximum absolute atomic E-state index is 11.0. The predicted octanol–water partition coefficient (Wildman–Crippen LogP) is 1.76. The average Bonchev–Trinajstić information content (AvgIpc) is 2.05. The third-order valence-electron chi connectivity index (χ3n) is 2.81. The van der Waals surface area contributed by atoms with Gasteiger partial charge in [0.2, 0.25) is 5.91 Å². The average molecular weight is 207 g/mol. The highest BCUT2D eigenvalue weighted by atomic mass is 35.5. The highest BCUT2D eigenvalue weighted by Gasteiger charge is 2.28. The maximum Gasteiger partial charge on any atom is 0.234 e. The van der Waals surface area contributed by atoms with E-state index in [9.17, 15) is 4.79 Å². The lowest BCUT2D eigenvalue weighted by Gasteiger charge is -2.32. The van der Waals surface area contributed by atoms with E-state index in [2.05, 4.69) is 12.3 Å². The molecule has 13 heavy (non-hydrogen) atoms. The molecule has 1 aliphatic rings. The van der Waals surface area contributed by atoms with E-state index in [1.54, 1.807) is 0 Å². The lowest BCUT2D eigenvalue weighted by Crippen LogP contribution is -2.35. The minimum absolute atomic E-state index is 0. The van der Waals surface area contributed by atoms with E-state index < -0.39 is 0 Å². The summed E-state index contributed by atoms with van der Waals surface area (Å²) in [6.45, 7) is 2.18. The van der Waals surface area contributed by atoms with Crippen molar-refractivity contribution in [1.82, 2.24) is 5.43 Å². The molecule has 0 aromatic rings. The van der Waals surface area contributed by atoms with Gasteiger partial charge in [-0.25, -0.2) is 5.84 Å². The summed E-state index contributed by atoms with van der Waals surface area (Å²) in [4.78, 5) is 11.0. The third-order valence-corrected chi connectivity index (χ3v) is 2.81. The van der Waals surface area contributed by atoms with E-state index in [-0.39, 0.29) is 23.7 Å². The van der Waals surface area contributed by atoms with Crippen LogP contribution < -0.4 is 11.3 Å². The molecule has 78 valence electrons. The number of amides is 1. The molecule has 1 fully saturated rings. The summed E-state index contributed by atoms with van der Waals surface area (Å²) >= 11 is 0. The molecule has 0 saturated heterocycles. The SMILES string of the molecule is CC1(CC(=O)NN)CCCCC1.Cl. The van der Waals surface area contributed by atoms with E-state index in [0.29, 0.717) is 6.42 Å². The van der Waals surface area contributed by atoms with Gasteiger partial charge in [0.15, 0.2) is 0 Å². The fourth-order valence-corrected chi connectivity index (χ4v) is 2.02. The molecule has 0 aromatic carbocycles. The summed E-state index contributed by atoms with van der Waals surface area (Å²) in [7, 11) is 0. The summed E-state index contributed by atoms with van der Waals surface area (Å²) in [6.07, 6.45) is 6.76. The van der Waals surface area contributed by atoms with Crippen molar-refractivity contribution in [3.63, 3.8) is 0 Å². The molecule has 0 unspecified atom stereocenters. The van der Waals surface area contributed by atoms with Crippen LogP contribution in [0.5, 0.6) is 0 Å². The minimum Gasteiger partial charge on any atom is -0.294 e. The van der Waals surface area contributed by atoms with Crippen molar-refractivity contribution in [2.75, 3.05) is 0 Å². The molecule has 0 atom stereocenters. The summed E-state index contributed by atoms with van der Waals surface area (Å²) in [5.41, 5.74) is 2.41. The van der Waals surface area contributed by atoms with Crippen molar-refractivity contribution >= 4 is 18.3 Å². The number of hydrazine groups is 1. The van der Waals surface area contributed by atoms with Crippen molar-refractivity contribution in [3.8, 4) is 0 Å². The number of carbonyl (C=O) groups excluding carboxylic acids is 1. The van der Waals surface area contributed by atoms with Crippen molar-refractivity contribution < 1.29 is 4.79 Å². The quantitative estimate of drug-likeness (QED) is 0.411. The van der Waals surface area contributed by atoms with E-state index in [1.807, 2.05) is 0 Å².